The van der Waals surface area contributed by atoms with Crippen LogP contribution in [0, 0.1) is 0 Å². The van der Waals surface area contributed by atoms with Crippen LogP contribution < -0.4 is 20.5 Å². The second-order valence-corrected chi connectivity index (χ2v) is 16.5. The van der Waals surface area contributed by atoms with E-state index in [0.717, 1.165) is 32.1 Å². The van der Waals surface area contributed by atoms with E-state index in [4.69, 9.17) is 24.7 Å². The van der Waals surface area contributed by atoms with E-state index in [-0.39, 0.29) is 12.5 Å². The Balaban J connectivity index is 1.81. The average Bonchev–Trinajstić information content (AvgIpc) is 3.23. The third-order valence-electron chi connectivity index (χ3n) is 11.2. The van der Waals surface area contributed by atoms with Gasteiger partial charge in [0.2, 0.25) is 0 Å². The van der Waals surface area contributed by atoms with E-state index < -0.39 is 55.2 Å². The van der Waals surface area contributed by atoms with Crippen molar-refractivity contribution in [2.75, 3.05) is 33.0 Å². The summed E-state index contributed by atoms with van der Waals surface area (Å²) in [5.74, 6) is -2.72. The van der Waals surface area contributed by atoms with Crippen LogP contribution in [0.25, 0.3) is 0 Å². The van der Waals surface area contributed by atoms with Crippen LogP contribution in [0.1, 0.15) is 185 Å². The first-order valence-corrected chi connectivity index (χ1v) is 23.2. The molecule has 1 aromatic carbocycles. The number of aliphatic hydroxyl groups excluding tert-OH is 4. The highest BCUT2D eigenvalue weighted by Gasteiger charge is 2.54. The first-order chi connectivity index (χ1) is 28.6. The molecule has 1 saturated heterocycles. The number of carbonyl (C=O) groups excluding carboxylic acids is 1. The number of ether oxygens (including phenoxy) is 4. The molecule has 1 aliphatic rings. The number of benzene rings is 1. The van der Waals surface area contributed by atoms with Gasteiger partial charge >= 0.3 is 5.97 Å². The van der Waals surface area contributed by atoms with Gasteiger partial charge in [0.1, 0.15) is 29.8 Å². The number of carbonyl (C=O) groups is 2. The van der Waals surface area contributed by atoms with Crippen molar-refractivity contribution in [2.24, 2.45) is 5.73 Å². The van der Waals surface area contributed by atoms with E-state index in [1.807, 2.05) is 6.07 Å². The summed E-state index contributed by atoms with van der Waals surface area (Å²) in [6.07, 6.45) is 20.8. The number of carboxylic acids is 1. The van der Waals surface area contributed by atoms with Crippen LogP contribution in [0.4, 0.5) is 0 Å². The monoisotopic (exact) mass is 839 g/mol. The topological polar surface area (TPSA) is 210 Å². The van der Waals surface area contributed by atoms with Crippen molar-refractivity contribution in [1.29, 1.82) is 0 Å². The zero-order valence-corrected chi connectivity index (χ0v) is 36.6. The number of carboxylic acid groups (broad SMARTS) is 1. The minimum atomic E-state index is -2.27. The van der Waals surface area contributed by atoms with Gasteiger partial charge in [0, 0.05) is 24.6 Å². The highest BCUT2D eigenvalue weighted by molar-refractivity contribution is 5.95. The van der Waals surface area contributed by atoms with Crippen molar-refractivity contribution >= 4 is 11.9 Å². The minimum absolute atomic E-state index is 0.0141. The predicted molar refractivity (Wildman–Crippen MR) is 231 cm³/mol. The lowest BCUT2D eigenvalue weighted by Gasteiger charge is -2.45. The maximum Gasteiger partial charge on any atom is 0.364 e. The summed E-state index contributed by atoms with van der Waals surface area (Å²) < 4.78 is 23.5. The fourth-order valence-electron chi connectivity index (χ4n) is 7.44. The summed E-state index contributed by atoms with van der Waals surface area (Å²) in [7, 11) is 0. The lowest BCUT2D eigenvalue weighted by atomic mass is 9.89. The van der Waals surface area contributed by atoms with Crippen molar-refractivity contribution in [1.82, 2.24) is 5.32 Å². The van der Waals surface area contributed by atoms with Crippen molar-refractivity contribution < 1.29 is 54.1 Å². The number of rotatable bonds is 37. The largest absolute Gasteiger partial charge is 0.493 e. The SMILES string of the molecule is CCCCCCCCCCCCOc1cc(OCCCCCCCCCCCC)cc(C(=O)NCCCCCCO[C@@]2(C(=O)O)C[C@H](O)[C@@H](N)[C@H]([C@H](O)[C@H](O)CO)O2)c1. The van der Waals surface area contributed by atoms with Gasteiger partial charge in [-0.25, -0.2) is 4.79 Å². The van der Waals surface area contributed by atoms with Crippen LogP contribution in [0.2, 0.25) is 0 Å². The number of amides is 1. The lowest BCUT2D eigenvalue weighted by Crippen LogP contribution is -2.66. The molecule has 59 heavy (non-hydrogen) atoms. The summed E-state index contributed by atoms with van der Waals surface area (Å²) in [6, 6.07) is 4.24. The summed E-state index contributed by atoms with van der Waals surface area (Å²) in [4.78, 5) is 25.5. The first-order valence-electron chi connectivity index (χ1n) is 23.2. The minimum Gasteiger partial charge on any atom is -0.493 e. The number of hydrogen-bond donors (Lipinski definition) is 7. The highest BCUT2D eigenvalue weighted by Crippen LogP contribution is 2.33. The second-order valence-electron chi connectivity index (χ2n) is 16.5. The Morgan fingerprint density at radius 2 is 1.17 bits per heavy atom. The third kappa shape index (κ3) is 21.7. The van der Waals surface area contributed by atoms with Crippen molar-refractivity contribution in [3.63, 3.8) is 0 Å². The van der Waals surface area contributed by atoms with Gasteiger partial charge in [-0.05, 0) is 37.8 Å². The molecule has 1 heterocycles. The van der Waals surface area contributed by atoms with Gasteiger partial charge < -0.3 is 55.5 Å². The lowest BCUT2D eigenvalue weighted by molar-refractivity contribution is -0.309. The van der Waals surface area contributed by atoms with E-state index in [1.165, 1.54) is 103 Å². The highest BCUT2D eigenvalue weighted by atomic mass is 16.7. The fraction of sp³-hybridized carbons (Fsp3) is 0.826. The Labute approximate surface area is 355 Å². The summed E-state index contributed by atoms with van der Waals surface area (Å²) in [5.41, 5.74) is 6.41. The Kier molecular flexibility index (Phi) is 28.7. The first kappa shape index (κ1) is 52.6. The number of aliphatic hydroxyl groups is 4. The standard InChI is InChI=1S/C46H82N2O11/c1-3-5-7-9-11-13-15-17-20-24-28-56-37-31-36(32-38(33-37)57-29-25-21-18-16-14-12-10-8-6-4-2)44(53)48-27-23-19-22-26-30-58-46(45(54)55)34-39(50)41(47)43(59-46)42(52)40(51)35-49/h31-33,39-43,49-52H,3-30,34-35,47H2,1-2H3,(H,48,53)(H,54,55)/t39-,40+,41+,42+,43+,46-/m0/s1. The van der Waals surface area contributed by atoms with E-state index in [2.05, 4.69) is 19.2 Å². The zero-order chi connectivity index (χ0) is 43.1. The van der Waals surface area contributed by atoms with Gasteiger partial charge in [-0.15, -0.1) is 0 Å². The number of nitrogens with two attached hydrogens (primary N) is 1. The summed E-state index contributed by atoms with van der Waals surface area (Å²) in [6.45, 7) is 5.29. The summed E-state index contributed by atoms with van der Waals surface area (Å²) in [5, 5.41) is 52.8. The molecule has 8 N–H and O–H groups in total. The van der Waals surface area contributed by atoms with Gasteiger partial charge in [-0.2, -0.15) is 0 Å². The number of hydrogen-bond acceptors (Lipinski definition) is 11. The number of aliphatic carboxylic acids is 1. The molecular formula is C46H82N2O11. The molecular weight excluding hydrogens is 757 g/mol. The molecule has 0 spiro atoms. The van der Waals surface area contributed by atoms with Crippen LogP contribution in [-0.4, -0.2) is 107 Å². The van der Waals surface area contributed by atoms with Crippen molar-refractivity contribution in [2.45, 2.75) is 211 Å². The van der Waals surface area contributed by atoms with Gasteiger partial charge in [-0.1, -0.05) is 142 Å². The molecule has 13 nitrogen and oxygen atoms in total. The maximum absolute atomic E-state index is 13.3. The molecule has 1 aromatic rings. The molecule has 0 bridgehead atoms. The van der Waals surface area contributed by atoms with Crippen LogP contribution >= 0.6 is 0 Å². The molecule has 1 aliphatic heterocycles. The third-order valence-corrected chi connectivity index (χ3v) is 11.2. The predicted octanol–water partition coefficient (Wildman–Crippen LogP) is 7.56. The van der Waals surface area contributed by atoms with Crippen LogP contribution in [-0.2, 0) is 14.3 Å². The Hall–Kier alpha value is -2.52. The molecule has 6 atom stereocenters. The fourth-order valence-corrected chi connectivity index (χ4v) is 7.44. The molecule has 0 unspecified atom stereocenters. The maximum atomic E-state index is 13.3. The van der Waals surface area contributed by atoms with Crippen LogP contribution in [0.3, 0.4) is 0 Å². The number of nitrogens with one attached hydrogen (secondary N) is 1. The quantitative estimate of drug-likeness (QED) is 0.0324. The normalized spacial score (nSPS) is 20.3. The van der Waals surface area contributed by atoms with Crippen LogP contribution in [0.15, 0.2) is 18.2 Å². The molecule has 0 aromatic heterocycles. The van der Waals surface area contributed by atoms with Crippen LogP contribution in [0.5, 0.6) is 11.5 Å². The number of unbranched alkanes of at least 4 members (excludes halogenated alkanes) is 21. The van der Waals surface area contributed by atoms with E-state index >= 15 is 0 Å². The van der Waals surface area contributed by atoms with Gasteiger partial charge in [0.25, 0.3) is 11.7 Å². The van der Waals surface area contributed by atoms with Gasteiger partial charge in [0.15, 0.2) is 0 Å². The zero-order valence-electron chi connectivity index (χ0n) is 36.6. The molecule has 0 saturated carbocycles. The average molecular weight is 839 g/mol. The van der Waals surface area contributed by atoms with E-state index in [0.29, 0.717) is 56.1 Å². The Morgan fingerprint density at radius 1 is 0.729 bits per heavy atom. The van der Waals surface area contributed by atoms with E-state index in [9.17, 15) is 35.1 Å². The molecule has 2 rings (SSSR count). The molecule has 342 valence electrons. The molecule has 1 fully saturated rings. The van der Waals surface area contributed by atoms with Crippen molar-refractivity contribution in [3.05, 3.63) is 23.8 Å². The van der Waals surface area contributed by atoms with Gasteiger partial charge in [0.05, 0.1) is 38.6 Å². The Bertz CT molecular complexity index is 1200. The Morgan fingerprint density at radius 3 is 1.63 bits per heavy atom. The van der Waals surface area contributed by atoms with Gasteiger partial charge in [-0.3, -0.25) is 4.79 Å². The molecule has 0 radical (unpaired) electrons. The molecule has 13 heteroatoms. The smallest absolute Gasteiger partial charge is 0.364 e. The van der Waals surface area contributed by atoms with Crippen molar-refractivity contribution in [3.8, 4) is 11.5 Å². The second kappa shape index (κ2) is 32.2. The molecule has 1 amide bonds. The van der Waals surface area contributed by atoms with E-state index in [1.54, 1.807) is 12.1 Å². The summed E-state index contributed by atoms with van der Waals surface area (Å²) >= 11 is 0. The molecule has 0 aliphatic carbocycles.